The van der Waals surface area contributed by atoms with Gasteiger partial charge in [-0.2, -0.15) is 0 Å². The van der Waals surface area contributed by atoms with E-state index in [4.69, 9.17) is 0 Å². The monoisotopic (exact) mass is 233 g/mol. The van der Waals surface area contributed by atoms with Crippen molar-refractivity contribution in [3.63, 3.8) is 0 Å². The number of hydrogen-bond donors (Lipinski definition) is 1. The standard InChI is InChI=1S/C11H11N3OS/c1-8-2-3-9(4-13-8)5-14-11(15)10-6-12-7-16-10/h2-4,6-7H,5H2,1H3,(H,14,15). The Kier molecular flexibility index (Phi) is 3.26. The molecule has 2 aromatic rings. The van der Waals surface area contributed by atoms with Gasteiger partial charge in [0.05, 0.1) is 11.7 Å². The Labute approximate surface area is 97.4 Å². The highest BCUT2D eigenvalue weighted by Gasteiger charge is 2.06. The lowest BCUT2D eigenvalue weighted by atomic mass is 10.2. The highest BCUT2D eigenvalue weighted by atomic mass is 32.1. The van der Waals surface area contributed by atoms with E-state index in [2.05, 4.69) is 15.3 Å². The summed E-state index contributed by atoms with van der Waals surface area (Å²) in [7, 11) is 0. The van der Waals surface area contributed by atoms with Crippen LogP contribution in [0.5, 0.6) is 0 Å². The van der Waals surface area contributed by atoms with Gasteiger partial charge in [-0.3, -0.25) is 14.8 Å². The summed E-state index contributed by atoms with van der Waals surface area (Å²) in [6, 6.07) is 3.88. The Morgan fingerprint density at radius 2 is 2.31 bits per heavy atom. The maximum absolute atomic E-state index is 11.6. The number of thiazole rings is 1. The Bertz CT molecular complexity index is 464. The van der Waals surface area contributed by atoms with Crippen LogP contribution < -0.4 is 5.32 Å². The van der Waals surface area contributed by atoms with E-state index in [0.29, 0.717) is 11.4 Å². The van der Waals surface area contributed by atoms with Gasteiger partial charge in [0.2, 0.25) is 0 Å². The summed E-state index contributed by atoms with van der Waals surface area (Å²) in [5, 5.41) is 2.81. The van der Waals surface area contributed by atoms with Gasteiger partial charge in [-0.25, -0.2) is 0 Å². The first-order chi connectivity index (χ1) is 7.75. The fourth-order valence-corrected chi connectivity index (χ4v) is 1.74. The van der Waals surface area contributed by atoms with Crippen LogP contribution in [0.2, 0.25) is 0 Å². The van der Waals surface area contributed by atoms with Crippen molar-refractivity contribution in [3.8, 4) is 0 Å². The molecule has 2 heterocycles. The molecule has 4 nitrogen and oxygen atoms in total. The Morgan fingerprint density at radius 1 is 1.44 bits per heavy atom. The predicted octanol–water partition coefficient (Wildman–Crippen LogP) is 1.78. The molecule has 1 N–H and O–H groups in total. The molecule has 0 aliphatic rings. The molecule has 0 atom stereocenters. The summed E-state index contributed by atoms with van der Waals surface area (Å²) < 4.78 is 0. The molecule has 0 fully saturated rings. The molecule has 0 saturated carbocycles. The zero-order valence-electron chi connectivity index (χ0n) is 8.80. The summed E-state index contributed by atoms with van der Waals surface area (Å²) in [5.41, 5.74) is 3.60. The molecule has 0 radical (unpaired) electrons. The van der Waals surface area contributed by atoms with Crippen molar-refractivity contribution in [2.75, 3.05) is 0 Å². The maximum Gasteiger partial charge on any atom is 0.263 e. The molecule has 2 rings (SSSR count). The maximum atomic E-state index is 11.6. The van der Waals surface area contributed by atoms with Gasteiger partial charge in [0.25, 0.3) is 5.91 Å². The molecule has 5 heteroatoms. The van der Waals surface area contributed by atoms with Crippen LogP contribution in [0.1, 0.15) is 20.9 Å². The minimum Gasteiger partial charge on any atom is -0.347 e. The largest absolute Gasteiger partial charge is 0.347 e. The Balaban J connectivity index is 1.93. The molecular weight excluding hydrogens is 222 g/mol. The van der Waals surface area contributed by atoms with Crippen LogP contribution in [0.15, 0.2) is 30.0 Å². The van der Waals surface area contributed by atoms with Crippen LogP contribution in [-0.2, 0) is 6.54 Å². The predicted molar refractivity (Wildman–Crippen MR) is 62.3 cm³/mol. The van der Waals surface area contributed by atoms with Crippen molar-refractivity contribution in [2.45, 2.75) is 13.5 Å². The zero-order chi connectivity index (χ0) is 11.4. The van der Waals surface area contributed by atoms with Gasteiger partial charge in [-0.05, 0) is 18.6 Å². The van der Waals surface area contributed by atoms with Crippen molar-refractivity contribution in [1.29, 1.82) is 0 Å². The summed E-state index contributed by atoms with van der Waals surface area (Å²) in [6.07, 6.45) is 3.33. The summed E-state index contributed by atoms with van der Waals surface area (Å²) >= 11 is 1.33. The number of nitrogens with one attached hydrogen (secondary N) is 1. The fourth-order valence-electron chi connectivity index (χ4n) is 1.20. The molecule has 1 amide bonds. The van der Waals surface area contributed by atoms with Crippen LogP contribution in [0, 0.1) is 6.92 Å². The quantitative estimate of drug-likeness (QED) is 0.879. The van der Waals surface area contributed by atoms with E-state index in [1.165, 1.54) is 11.3 Å². The smallest absolute Gasteiger partial charge is 0.263 e. The first kappa shape index (κ1) is 10.8. The van der Waals surface area contributed by atoms with Gasteiger partial charge >= 0.3 is 0 Å². The molecule has 16 heavy (non-hydrogen) atoms. The lowest BCUT2D eigenvalue weighted by Gasteiger charge is -2.03. The fraction of sp³-hybridized carbons (Fsp3) is 0.182. The number of carbonyl (C=O) groups is 1. The molecule has 82 valence electrons. The van der Waals surface area contributed by atoms with E-state index in [1.807, 2.05) is 19.1 Å². The molecule has 2 aromatic heterocycles. The van der Waals surface area contributed by atoms with Gasteiger partial charge < -0.3 is 5.32 Å². The van der Waals surface area contributed by atoms with Gasteiger partial charge in [0.1, 0.15) is 4.88 Å². The van der Waals surface area contributed by atoms with Gasteiger partial charge in [-0.15, -0.1) is 11.3 Å². The van der Waals surface area contributed by atoms with Crippen LogP contribution in [0.3, 0.4) is 0 Å². The highest BCUT2D eigenvalue weighted by molar-refractivity contribution is 7.11. The van der Waals surface area contributed by atoms with E-state index in [9.17, 15) is 4.79 Å². The number of nitrogens with zero attached hydrogens (tertiary/aromatic N) is 2. The zero-order valence-corrected chi connectivity index (χ0v) is 9.62. The third-order valence-electron chi connectivity index (χ3n) is 2.08. The van der Waals surface area contributed by atoms with Crippen molar-refractivity contribution in [3.05, 3.63) is 46.2 Å². The number of carbonyl (C=O) groups excluding carboxylic acids is 1. The molecule has 0 spiro atoms. The van der Waals surface area contributed by atoms with Gasteiger partial charge in [0.15, 0.2) is 0 Å². The third kappa shape index (κ3) is 2.64. The molecule has 0 aliphatic heterocycles. The van der Waals surface area contributed by atoms with Crippen molar-refractivity contribution in [2.24, 2.45) is 0 Å². The number of hydrogen-bond acceptors (Lipinski definition) is 4. The topological polar surface area (TPSA) is 54.9 Å². The Hall–Kier alpha value is -1.75. The van der Waals surface area contributed by atoms with E-state index in [-0.39, 0.29) is 5.91 Å². The van der Waals surface area contributed by atoms with Gasteiger partial charge in [0, 0.05) is 18.4 Å². The molecule has 0 aromatic carbocycles. The van der Waals surface area contributed by atoms with Crippen molar-refractivity contribution < 1.29 is 4.79 Å². The minimum atomic E-state index is -0.0944. The van der Waals surface area contributed by atoms with E-state index < -0.39 is 0 Å². The normalized spacial score (nSPS) is 10.1. The highest BCUT2D eigenvalue weighted by Crippen LogP contribution is 2.05. The second kappa shape index (κ2) is 4.85. The van der Waals surface area contributed by atoms with E-state index >= 15 is 0 Å². The van der Waals surface area contributed by atoms with Crippen LogP contribution in [-0.4, -0.2) is 15.9 Å². The molecular formula is C11H11N3OS. The van der Waals surface area contributed by atoms with Crippen LogP contribution >= 0.6 is 11.3 Å². The molecule has 0 saturated heterocycles. The molecule has 0 unspecified atom stereocenters. The Morgan fingerprint density at radius 3 is 2.94 bits per heavy atom. The average Bonchev–Trinajstić information content (AvgIpc) is 2.81. The summed E-state index contributed by atoms with van der Waals surface area (Å²) in [4.78, 5) is 20.2. The lowest BCUT2D eigenvalue weighted by Crippen LogP contribution is -2.21. The molecule has 0 aliphatic carbocycles. The average molecular weight is 233 g/mol. The number of aromatic nitrogens is 2. The number of amides is 1. The first-order valence-electron chi connectivity index (χ1n) is 4.84. The summed E-state index contributed by atoms with van der Waals surface area (Å²) in [6.45, 7) is 2.42. The van der Waals surface area contributed by atoms with Gasteiger partial charge in [-0.1, -0.05) is 6.07 Å². The van der Waals surface area contributed by atoms with Crippen LogP contribution in [0.4, 0.5) is 0 Å². The van der Waals surface area contributed by atoms with Crippen molar-refractivity contribution in [1.82, 2.24) is 15.3 Å². The second-order valence-electron chi connectivity index (χ2n) is 3.36. The lowest BCUT2D eigenvalue weighted by molar-refractivity contribution is 0.0954. The van der Waals surface area contributed by atoms with Crippen molar-refractivity contribution >= 4 is 17.2 Å². The number of rotatable bonds is 3. The second-order valence-corrected chi connectivity index (χ2v) is 4.24. The van der Waals surface area contributed by atoms with Crippen LogP contribution in [0.25, 0.3) is 0 Å². The minimum absolute atomic E-state index is 0.0944. The number of pyridine rings is 1. The first-order valence-corrected chi connectivity index (χ1v) is 5.72. The van der Waals surface area contributed by atoms with E-state index in [0.717, 1.165) is 11.3 Å². The molecule has 0 bridgehead atoms. The van der Waals surface area contributed by atoms with E-state index in [1.54, 1.807) is 17.9 Å². The number of aryl methyl sites for hydroxylation is 1. The SMILES string of the molecule is Cc1ccc(CNC(=O)c2cncs2)cn1. The summed E-state index contributed by atoms with van der Waals surface area (Å²) in [5.74, 6) is -0.0944. The third-order valence-corrected chi connectivity index (χ3v) is 2.85.